The van der Waals surface area contributed by atoms with Crippen LogP contribution < -0.4 is 21.7 Å². The van der Waals surface area contributed by atoms with Gasteiger partial charge in [0.05, 0.1) is 5.69 Å². The number of aryl methyl sites for hydroxylation is 1. The summed E-state index contributed by atoms with van der Waals surface area (Å²) < 4.78 is 3.95. The van der Waals surface area contributed by atoms with Crippen molar-refractivity contribution in [3.8, 4) is 0 Å². The van der Waals surface area contributed by atoms with Crippen molar-refractivity contribution in [2.45, 2.75) is 59.5 Å². The molecule has 168 valence electrons. The van der Waals surface area contributed by atoms with Crippen molar-refractivity contribution < 1.29 is 14.4 Å². The number of nitrogens with one attached hydrogen (secondary N) is 1. The number of rotatable bonds is 7. The van der Waals surface area contributed by atoms with Crippen LogP contribution in [0.1, 0.15) is 66.8 Å². The smallest absolute Gasteiger partial charge is 0.272 e. The first-order valence-electron chi connectivity index (χ1n) is 10.1. The number of hydrogen-bond donors (Lipinski definition) is 3. The van der Waals surface area contributed by atoms with Gasteiger partial charge >= 0.3 is 0 Å². The fourth-order valence-corrected chi connectivity index (χ4v) is 3.85. The molecule has 1 aromatic heterocycles. The van der Waals surface area contributed by atoms with Crippen LogP contribution in [0.2, 0.25) is 0 Å². The average molecular weight is 446 g/mol. The highest BCUT2D eigenvalue weighted by atomic mass is 32.1. The first-order valence-corrected chi connectivity index (χ1v) is 10.9. The molecule has 2 rings (SSSR count). The Balaban J connectivity index is 2.61. The molecule has 0 saturated carbocycles. The second-order valence-corrected chi connectivity index (χ2v) is 9.81. The monoisotopic (exact) mass is 445 g/mol. The van der Waals surface area contributed by atoms with Gasteiger partial charge in [-0.05, 0) is 63.7 Å². The number of nitrogens with two attached hydrogens (primary N) is 2. The number of benzene rings is 1. The van der Waals surface area contributed by atoms with Crippen molar-refractivity contribution in [1.82, 2.24) is 9.69 Å². The Morgan fingerprint density at radius 1 is 1.16 bits per heavy atom. The molecule has 0 aliphatic carbocycles. The lowest BCUT2D eigenvalue weighted by Gasteiger charge is -2.34. The van der Waals surface area contributed by atoms with Crippen LogP contribution >= 0.6 is 11.5 Å². The molecule has 3 amide bonds. The number of nitrogen functional groups attached to an aromatic ring is 1. The van der Waals surface area contributed by atoms with Gasteiger partial charge in [0, 0.05) is 11.2 Å². The van der Waals surface area contributed by atoms with E-state index in [9.17, 15) is 14.4 Å². The summed E-state index contributed by atoms with van der Waals surface area (Å²) in [6.45, 7) is 11.6. The van der Waals surface area contributed by atoms with Crippen LogP contribution in [0.4, 0.5) is 11.4 Å². The number of aromatic nitrogens is 1. The summed E-state index contributed by atoms with van der Waals surface area (Å²) in [5.41, 5.74) is 12.2. The van der Waals surface area contributed by atoms with E-state index in [1.165, 1.54) is 4.90 Å². The van der Waals surface area contributed by atoms with Crippen LogP contribution in [0, 0.1) is 12.8 Å². The summed E-state index contributed by atoms with van der Waals surface area (Å²) in [6.07, 6.45) is 0.433. The minimum atomic E-state index is -0.807. The van der Waals surface area contributed by atoms with E-state index in [0.717, 1.165) is 17.1 Å². The maximum Gasteiger partial charge on any atom is 0.272 e. The van der Waals surface area contributed by atoms with Crippen LogP contribution in [-0.4, -0.2) is 33.7 Å². The fourth-order valence-electron chi connectivity index (χ4n) is 3.11. The van der Waals surface area contributed by atoms with Gasteiger partial charge in [0.25, 0.3) is 11.8 Å². The van der Waals surface area contributed by atoms with Crippen molar-refractivity contribution in [2.75, 3.05) is 10.6 Å². The average Bonchev–Trinajstić information content (AvgIpc) is 3.02. The summed E-state index contributed by atoms with van der Waals surface area (Å²) >= 11 is 0.801. The second-order valence-electron chi connectivity index (χ2n) is 9.03. The van der Waals surface area contributed by atoms with Crippen molar-refractivity contribution in [2.24, 2.45) is 11.7 Å². The number of hydrogen-bond acceptors (Lipinski definition) is 6. The van der Waals surface area contributed by atoms with Crippen LogP contribution in [0.3, 0.4) is 0 Å². The Labute approximate surface area is 187 Å². The van der Waals surface area contributed by atoms with Crippen LogP contribution in [0.5, 0.6) is 0 Å². The van der Waals surface area contributed by atoms with Crippen LogP contribution in [-0.2, 0) is 4.79 Å². The summed E-state index contributed by atoms with van der Waals surface area (Å²) in [5, 5.41) is 2.98. The summed E-state index contributed by atoms with van der Waals surface area (Å²) in [6, 6.07) is 6.53. The highest BCUT2D eigenvalue weighted by Crippen LogP contribution is 2.29. The number of carbonyl (C=O) groups excluding carboxylic acids is 3. The molecular weight excluding hydrogens is 414 g/mol. The van der Waals surface area contributed by atoms with E-state index in [2.05, 4.69) is 9.69 Å². The molecule has 0 saturated heterocycles. The number of primary amides is 1. The molecule has 8 nitrogen and oxygen atoms in total. The van der Waals surface area contributed by atoms with E-state index in [0.29, 0.717) is 12.1 Å². The van der Waals surface area contributed by atoms with Gasteiger partial charge in [-0.15, -0.1) is 0 Å². The van der Waals surface area contributed by atoms with Gasteiger partial charge in [-0.25, -0.2) is 0 Å². The SMILES string of the molecule is Cc1ccc(N(C(=O)c2snc(C(N)=O)c2N)[C@H](CC(C)C)C(=O)NC(C)(C)C)cc1. The van der Waals surface area contributed by atoms with Crippen molar-refractivity contribution >= 4 is 40.6 Å². The molecule has 0 fully saturated rings. The zero-order valence-corrected chi connectivity index (χ0v) is 19.7. The number of carbonyl (C=O) groups is 3. The lowest BCUT2D eigenvalue weighted by molar-refractivity contribution is -0.124. The Morgan fingerprint density at radius 3 is 2.19 bits per heavy atom. The third-order valence-electron chi connectivity index (χ3n) is 4.49. The molecule has 0 aliphatic heterocycles. The zero-order chi connectivity index (χ0) is 23.5. The van der Waals surface area contributed by atoms with Gasteiger partial charge in [-0.1, -0.05) is 31.5 Å². The Bertz CT molecular complexity index is 961. The minimum absolute atomic E-state index is 0.0702. The fraction of sp³-hybridized carbons (Fsp3) is 0.455. The quantitative estimate of drug-likeness (QED) is 0.602. The van der Waals surface area contributed by atoms with E-state index in [1.807, 2.05) is 53.7 Å². The maximum absolute atomic E-state index is 13.7. The number of amides is 3. The minimum Gasteiger partial charge on any atom is -0.395 e. The predicted octanol–water partition coefficient (Wildman–Crippen LogP) is 3.11. The standard InChI is InChI=1S/C22H31N5O3S/c1-12(2)11-15(20(29)25-22(4,5)6)27(14-9-7-13(3)8-10-14)21(30)18-16(23)17(19(24)28)26-31-18/h7-10,12,15H,11,23H2,1-6H3,(H2,24,28)(H,25,29)/t15-/m1/s1. The van der Waals surface area contributed by atoms with E-state index in [-0.39, 0.29) is 28.1 Å². The van der Waals surface area contributed by atoms with Gasteiger partial charge in [-0.2, -0.15) is 4.37 Å². The van der Waals surface area contributed by atoms with Crippen molar-refractivity contribution in [3.63, 3.8) is 0 Å². The molecule has 2 aromatic rings. The normalized spacial score (nSPS) is 12.5. The van der Waals surface area contributed by atoms with E-state index in [4.69, 9.17) is 11.5 Å². The molecule has 0 bridgehead atoms. The van der Waals surface area contributed by atoms with E-state index in [1.54, 1.807) is 12.1 Å². The molecule has 9 heteroatoms. The third kappa shape index (κ3) is 6.04. The van der Waals surface area contributed by atoms with Gasteiger partial charge in [-0.3, -0.25) is 19.3 Å². The molecule has 1 aromatic carbocycles. The highest BCUT2D eigenvalue weighted by Gasteiger charge is 2.36. The second kappa shape index (κ2) is 9.47. The molecule has 0 spiro atoms. The lowest BCUT2D eigenvalue weighted by atomic mass is 9.98. The molecule has 0 radical (unpaired) electrons. The molecular formula is C22H31N5O3S. The van der Waals surface area contributed by atoms with Gasteiger partial charge < -0.3 is 16.8 Å². The van der Waals surface area contributed by atoms with Crippen molar-refractivity contribution in [1.29, 1.82) is 0 Å². The molecule has 1 atom stereocenters. The highest BCUT2D eigenvalue weighted by molar-refractivity contribution is 7.09. The molecule has 0 aliphatic rings. The molecule has 0 unspecified atom stereocenters. The molecule has 1 heterocycles. The first-order chi connectivity index (χ1) is 14.3. The first kappa shape index (κ1) is 24.3. The van der Waals surface area contributed by atoms with Crippen LogP contribution in [0.15, 0.2) is 24.3 Å². The van der Waals surface area contributed by atoms with E-state index >= 15 is 0 Å². The topological polar surface area (TPSA) is 131 Å². The number of nitrogens with zero attached hydrogens (tertiary/aromatic N) is 2. The Hall–Kier alpha value is -2.94. The summed E-state index contributed by atoms with van der Waals surface area (Å²) in [7, 11) is 0. The summed E-state index contributed by atoms with van der Waals surface area (Å²) in [5.74, 6) is -1.44. The number of anilines is 2. The third-order valence-corrected chi connectivity index (χ3v) is 5.34. The van der Waals surface area contributed by atoms with Crippen molar-refractivity contribution in [3.05, 3.63) is 40.4 Å². The maximum atomic E-state index is 13.7. The molecule has 5 N–H and O–H groups in total. The summed E-state index contributed by atoms with van der Waals surface area (Å²) in [4.78, 5) is 40.0. The molecule has 31 heavy (non-hydrogen) atoms. The van der Waals surface area contributed by atoms with E-state index < -0.39 is 23.4 Å². The zero-order valence-electron chi connectivity index (χ0n) is 18.9. The lowest BCUT2D eigenvalue weighted by Crippen LogP contribution is -2.54. The Morgan fingerprint density at radius 2 is 1.74 bits per heavy atom. The Kier molecular flexibility index (Phi) is 7.43. The van der Waals surface area contributed by atoms with Gasteiger partial charge in [0.1, 0.15) is 10.9 Å². The largest absolute Gasteiger partial charge is 0.395 e. The van der Waals surface area contributed by atoms with Gasteiger partial charge in [0.2, 0.25) is 5.91 Å². The predicted molar refractivity (Wildman–Crippen MR) is 124 cm³/mol. The van der Waals surface area contributed by atoms with Crippen LogP contribution in [0.25, 0.3) is 0 Å². The van der Waals surface area contributed by atoms with Gasteiger partial charge in [0.15, 0.2) is 5.69 Å².